The molecule has 0 bridgehead atoms. The Bertz CT molecular complexity index is 408. The first kappa shape index (κ1) is 17.4. The smallest absolute Gasteiger partial charge is 0.191 e. The first-order valence-electron chi connectivity index (χ1n) is 6.40. The number of hydrogen-bond acceptors (Lipinski definition) is 4. The van der Waals surface area contributed by atoms with Gasteiger partial charge in [0.05, 0.1) is 11.5 Å². The van der Waals surface area contributed by atoms with Gasteiger partial charge in [-0.25, -0.2) is 8.42 Å². The van der Waals surface area contributed by atoms with Crippen molar-refractivity contribution in [2.45, 2.75) is 12.8 Å². The Balaban J connectivity index is 0.00000180. The molecule has 2 heterocycles. The molecule has 112 valence electrons. The molecule has 2 saturated heterocycles. The summed E-state index contributed by atoms with van der Waals surface area (Å²) in [5.74, 6) is 3.54. The van der Waals surface area contributed by atoms with E-state index in [1.54, 1.807) is 0 Å². The van der Waals surface area contributed by atoms with Crippen molar-refractivity contribution in [3.8, 4) is 0 Å². The van der Waals surface area contributed by atoms with E-state index in [2.05, 4.69) is 9.89 Å². The molecule has 2 N–H and O–H groups in total. The van der Waals surface area contributed by atoms with E-state index in [4.69, 9.17) is 5.73 Å². The van der Waals surface area contributed by atoms with Gasteiger partial charge in [-0.05, 0) is 18.8 Å². The Morgan fingerprint density at radius 3 is 2.68 bits per heavy atom. The maximum atomic E-state index is 11.5. The summed E-state index contributed by atoms with van der Waals surface area (Å²) in [5.41, 5.74) is 5.95. The highest BCUT2D eigenvalue weighted by atomic mass is 127. The zero-order chi connectivity index (χ0) is 13.0. The Morgan fingerprint density at radius 1 is 1.37 bits per heavy atom. The van der Waals surface area contributed by atoms with Crippen LogP contribution in [0.25, 0.3) is 0 Å². The number of nitrogens with two attached hydrogens (primary N) is 1. The van der Waals surface area contributed by atoms with E-state index in [-0.39, 0.29) is 35.6 Å². The summed E-state index contributed by atoms with van der Waals surface area (Å²) >= 11 is 1.93. The van der Waals surface area contributed by atoms with Crippen LogP contribution in [0.4, 0.5) is 0 Å². The van der Waals surface area contributed by atoms with Gasteiger partial charge in [0.25, 0.3) is 0 Å². The van der Waals surface area contributed by atoms with Gasteiger partial charge >= 0.3 is 0 Å². The van der Waals surface area contributed by atoms with Crippen LogP contribution in [-0.2, 0) is 9.84 Å². The van der Waals surface area contributed by atoms with Crippen LogP contribution in [0.5, 0.6) is 0 Å². The molecule has 0 aromatic rings. The van der Waals surface area contributed by atoms with Crippen molar-refractivity contribution in [3.63, 3.8) is 0 Å². The predicted octanol–water partition coefficient (Wildman–Crippen LogP) is 0.793. The second-order valence-electron chi connectivity index (χ2n) is 4.92. The van der Waals surface area contributed by atoms with Crippen LogP contribution in [0, 0.1) is 5.92 Å². The summed E-state index contributed by atoms with van der Waals surface area (Å²) in [4.78, 5) is 6.47. The second kappa shape index (κ2) is 7.92. The Morgan fingerprint density at radius 2 is 2.05 bits per heavy atom. The Labute approximate surface area is 136 Å². The fraction of sp³-hybridized carbons (Fsp3) is 0.909. The third kappa shape index (κ3) is 5.66. The minimum absolute atomic E-state index is 0. The van der Waals surface area contributed by atoms with Gasteiger partial charge in [0, 0.05) is 31.1 Å². The molecule has 0 aliphatic carbocycles. The number of rotatable bonds is 2. The van der Waals surface area contributed by atoms with Crippen LogP contribution in [-0.4, -0.2) is 61.9 Å². The summed E-state index contributed by atoms with van der Waals surface area (Å²) in [7, 11) is -2.83. The van der Waals surface area contributed by atoms with Crippen LogP contribution in [0.2, 0.25) is 0 Å². The lowest BCUT2D eigenvalue weighted by molar-refractivity contribution is 0.447. The van der Waals surface area contributed by atoms with Crippen molar-refractivity contribution >= 4 is 51.5 Å². The first-order chi connectivity index (χ1) is 8.57. The van der Waals surface area contributed by atoms with Crippen LogP contribution in [0.1, 0.15) is 12.8 Å². The maximum absolute atomic E-state index is 11.5. The molecule has 1 atom stereocenters. The third-order valence-electron chi connectivity index (χ3n) is 3.40. The first-order valence-corrected chi connectivity index (χ1v) is 9.37. The highest BCUT2D eigenvalue weighted by Crippen LogP contribution is 2.18. The number of guanidine groups is 1. The average Bonchev–Trinajstić information content (AvgIpc) is 2.36. The topological polar surface area (TPSA) is 75.8 Å². The number of sulfone groups is 1. The van der Waals surface area contributed by atoms with E-state index in [0.29, 0.717) is 18.3 Å². The molecular weight excluding hydrogens is 397 g/mol. The number of halogens is 1. The SMILES string of the molecule is I.NC(=NCC1CCCS(=O)(=O)C1)N1CCSCC1. The van der Waals surface area contributed by atoms with E-state index in [1.807, 2.05) is 11.8 Å². The van der Waals surface area contributed by atoms with Gasteiger partial charge in [0.15, 0.2) is 15.8 Å². The highest BCUT2D eigenvalue weighted by Gasteiger charge is 2.24. The van der Waals surface area contributed by atoms with Crippen molar-refractivity contribution < 1.29 is 8.42 Å². The van der Waals surface area contributed by atoms with Crippen molar-refractivity contribution in [3.05, 3.63) is 0 Å². The highest BCUT2D eigenvalue weighted by molar-refractivity contribution is 14.0. The lowest BCUT2D eigenvalue weighted by Crippen LogP contribution is -2.43. The normalized spacial score (nSPS) is 27.7. The summed E-state index contributed by atoms with van der Waals surface area (Å²) in [6, 6.07) is 0. The number of hydrogen-bond donors (Lipinski definition) is 1. The molecule has 1 unspecified atom stereocenters. The quantitative estimate of drug-likeness (QED) is 0.407. The third-order valence-corrected chi connectivity index (χ3v) is 6.24. The molecule has 0 spiro atoms. The van der Waals surface area contributed by atoms with E-state index in [0.717, 1.165) is 37.4 Å². The van der Waals surface area contributed by atoms with Gasteiger partial charge in [-0.1, -0.05) is 0 Å². The molecule has 0 aromatic heterocycles. The fourth-order valence-electron chi connectivity index (χ4n) is 2.38. The summed E-state index contributed by atoms with van der Waals surface area (Å²) in [6.45, 7) is 2.45. The molecule has 2 aliphatic rings. The molecule has 0 radical (unpaired) electrons. The number of thioether (sulfide) groups is 1. The van der Waals surface area contributed by atoms with Crippen LogP contribution in [0.15, 0.2) is 4.99 Å². The molecular formula is C11H22IN3O2S2. The fourth-order valence-corrected chi connectivity index (χ4v) is 5.04. The molecule has 2 fully saturated rings. The van der Waals surface area contributed by atoms with Crippen molar-refractivity contribution in [1.82, 2.24) is 4.90 Å². The van der Waals surface area contributed by atoms with E-state index in [1.165, 1.54) is 0 Å². The molecule has 0 saturated carbocycles. The minimum Gasteiger partial charge on any atom is -0.370 e. The number of nitrogens with zero attached hydrogens (tertiary/aromatic N) is 2. The molecule has 0 aromatic carbocycles. The summed E-state index contributed by atoms with van der Waals surface area (Å²) in [5, 5.41) is 0. The van der Waals surface area contributed by atoms with Crippen molar-refractivity contribution in [2.75, 3.05) is 42.6 Å². The molecule has 19 heavy (non-hydrogen) atoms. The van der Waals surface area contributed by atoms with E-state index < -0.39 is 9.84 Å². The van der Waals surface area contributed by atoms with Crippen LogP contribution >= 0.6 is 35.7 Å². The van der Waals surface area contributed by atoms with Gasteiger partial charge in [-0.3, -0.25) is 4.99 Å². The van der Waals surface area contributed by atoms with Crippen molar-refractivity contribution in [2.24, 2.45) is 16.6 Å². The largest absolute Gasteiger partial charge is 0.370 e. The molecule has 2 aliphatic heterocycles. The standard InChI is InChI=1S/C11H21N3O2S2.HI/c12-11(14-3-5-17-6-4-14)13-8-10-2-1-7-18(15,16)9-10;/h10H,1-9H2,(H2,12,13);1H. The second-order valence-corrected chi connectivity index (χ2v) is 8.37. The van der Waals surface area contributed by atoms with Gasteiger partial charge in [0.2, 0.25) is 0 Å². The average molecular weight is 419 g/mol. The maximum Gasteiger partial charge on any atom is 0.191 e. The molecule has 5 nitrogen and oxygen atoms in total. The zero-order valence-corrected chi connectivity index (χ0v) is 14.9. The Kier molecular flexibility index (Phi) is 7.23. The summed E-state index contributed by atoms with van der Waals surface area (Å²) in [6.07, 6.45) is 1.72. The molecule has 2 rings (SSSR count). The van der Waals surface area contributed by atoms with E-state index >= 15 is 0 Å². The van der Waals surface area contributed by atoms with Crippen LogP contribution in [0.3, 0.4) is 0 Å². The predicted molar refractivity (Wildman–Crippen MR) is 92.2 cm³/mol. The zero-order valence-electron chi connectivity index (χ0n) is 11.0. The Hall–Kier alpha value is 0.300. The minimum atomic E-state index is -2.83. The molecule has 0 amide bonds. The van der Waals surface area contributed by atoms with Crippen LogP contribution < -0.4 is 5.73 Å². The summed E-state index contributed by atoms with van der Waals surface area (Å²) < 4.78 is 23.0. The number of aliphatic imine (C=N–C) groups is 1. The van der Waals surface area contributed by atoms with E-state index in [9.17, 15) is 8.42 Å². The van der Waals surface area contributed by atoms with Gasteiger partial charge in [-0.2, -0.15) is 11.8 Å². The van der Waals surface area contributed by atoms with Gasteiger partial charge < -0.3 is 10.6 Å². The van der Waals surface area contributed by atoms with Crippen molar-refractivity contribution in [1.29, 1.82) is 0 Å². The molecule has 8 heteroatoms. The van der Waals surface area contributed by atoms with Gasteiger partial charge in [-0.15, -0.1) is 24.0 Å². The lowest BCUT2D eigenvalue weighted by Gasteiger charge is -2.28. The monoisotopic (exact) mass is 419 g/mol. The van der Waals surface area contributed by atoms with Gasteiger partial charge in [0.1, 0.15) is 0 Å². The lowest BCUT2D eigenvalue weighted by atomic mass is 10.1.